The first-order valence-electron chi connectivity index (χ1n) is 6.06. The zero-order chi connectivity index (χ0) is 13.9. The standard InChI is InChI=1S/C16H10ClNOS/c17-13-9-5-4-8-12(13)10-14-16(19)20-15(18-14)11-6-2-1-3-7-11/h1-10H/b14-10-. The number of halogens is 1. The molecule has 1 aliphatic heterocycles. The number of rotatable bonds is 2. The van der Waals surface area contributed by atoms with Crippen molar-refractivity contribution in [2.45, 2.75) is 0 Å². The lowest BCUT2D eigenvalue weighted by Crippen LogP contribution is -1.91. The minimum atomic E-state index is -0.0521. The van der Waals surface area contributed by atoms with E-state index in [1.54, 1.807) is 12.1 Å². The highest BCUT2D eigenvalue weighted by Gasteiger charge is 2.23. The highest BCUT2D eigenvalue weighted by molar-refractivity contribution is 8.27. The summed E-state index contributed by atoms with van der Waals surface area (Å²) in [7, 11) is 0. The Bertz CT molecular complexity index is 722. The molecule has 2 aromatic rings. The Morgan fingerprint density at radius 3 is 2.45 bits per heavy atom. The van der Waals surface area contributed by atoms with Crippen LogP contribution in [-0.4, -0.2) is 10.2 Å². The molecule has 0 saturated carbocycles. The number of benzene rings is 2. The molecule has 0 aliphatic carbocycles. The maximum absolute atomic E-state index is 12.0. The number of aliphatic imine (C=N–C) groups is 1. The second-order valence-corrected chi connectivity index (χ2v) is 5.59. The van der Waals surface area contributed by atoms with E-state index in [4.69, 9.17) is 11.6 Å². The van der Waals surface area contributed by atoms with Gasteiger partial charge in [-0.25, -0.2) is 4.99 Å². The maximum atomic E-state index is 12.0. The number of hydrogen-bond donors (Lipinski definition) is 0. The van der Waals surface area contributed by atoms with E-state index >= 15 is 0 Å². The largest absolute Gasteiger partial charge is 0.279 e. The summed E-state index contributed by atoms with van der Waals surface area (Å²) in [5.74, 6) is 0. The molecule has 0 spiro atoms. The van der Waals surface area contributed by atoms with Crippen LogP contribution in [0.25, 0.3) is 6.08 Å². The molecule has 2 nitrogen and oxygen atoms in total. The Hall–Kier alpha value is -1.84. The first kappa shape index (κ1) is 13.2. The van der Waals surface area contributed by atoms with Crippen LogP contribution in [-0.2, 0) is 4.79 Å². The summed E-state index contributed by atoms with van der Waals surface area (Å²) in [5, 5.41) is 1.29. The van der Waals surface area contributed by atoms with E-state index in [9.17, 15) is 4.79 Å². The lowest BCUT2D eigenvalue weighted by Gasteiger charge is -1.97. The van der Waals surface area contributed by atoms with Gasteiger partial charge in [0.15, 0.2) is 0 Å². The van der Waals surface area contributed by atoms with E-state index in [0.29, 0.717) is 10.7 Å². The van der Waals surface area contributed by atoms with Gasteiger partial charge in [-0.3, -0.25) is 4.79 Å². The molecule has 20 heavy (non-hydrogen) atoms. The number of carbonyl (C=O) groups is 1. The fourth-order valence-electron chi connectivity index (χ4n) is 1.85. The van der Waals surface area contributed by atoms with Crippen molar-refractivity contribution in [1.29, 1.82) is 0 Å². The van der Waals surface area contributed by atoms with Crippen molar-refractivity contribution in [3.05, 3.63) is 76.4 Å². The van der Waals surface area contributed by atoms with E-state index in [-0.39, 0.29) is 5.12 Å². The molecule has 98 valence electrons. The van der Waals surface area contributed by atoms with Crippen molar-refractivity contribution in [1.82, 2.24) is 0 Å². The molecule has 0 amide bonds. The van der Waals surface area contributed by atoms with Crippen LogP contribution in [0.3, 0.4) is 0 Å². The monoisotopic (exact) mass is 299 g/mol. The second kappa shape index (κ2) is 5.65. The summed E-state index contributed by atoms with van der Waals surface area (Å²) >= 11 is 7.24. The van der Waals surface area contributed by atoms with Gasteiger partial charge in [0.25, 0.3) is 0 Å². The third-order valence-electron chi connectivity index (χ3n) is 2.84. The number of thioether (sulfide) groups is 1. The minimum absolute atomic E-state index is 0.0521. The lowest BCUT2D eigenvalue weighted by molar-refractivity contribution is -0.107. The third kappa shape index (κ3) is 2.69. The second-order valence-electron chi connectivity index (χ2n) is 4.22. The van der Waals surface area contributed by atoms with Gasteiger partial charge in [-0.2, -0.15) is 0 Å². The summed E-state index contributed by atoms with van der Waals surface area (Å²) in [5.41, 5.74) is 2.19. The van der Waals surface area contributed by atoms with Gasteiger partial charge in [0.05, 0.1) is 0 Å². The summed E-state index contributed by atoms with van der Waals surface area (Å²) in [6.45, 7) is 0. The zero-order valence-electron chi connectivity index (χ0n) is 10.4. The van der Waals surface area contributed by atoms with E-state index < -0.39 is 0 Å². The molecule has 4 heteroatoms. The maximum Gasteiger partial charge on any atom is 0.244 e. The number of hydrogen-bond acceptors (Lipinski definition) is 3. The average Bonchev–Trinajstić information content (AvgIpc) is 2.84. The van der Waals surface area contributed by atoms with Gasteiger partial charge in [-0.05, 0) is 29.5 Å². The van der Waals surface area contributed by atoms with Crippen LogP contribution in [0.4, 0.5) is 0 Å². The van der Waals surface area contributed by atoms with Crippen LogP contribution >= 0.6 is 23.4 Å². The normalized spacial score (nSPS) is 16.6. The van der Waals surface area contributed by atoms with E-state index in [2.05, 4.69) is 4.99 Å². The number of nitrogens with zero attached hydrogens (tertiary/aromatic N) is 1. The Balaban J connectivity index is 1.97. The summed E-state index contributed by atoms with van der Waals surface area (Å²) in [6.07, 6.45) is 1.73. The summed E-state index contributed by atoms with van der Waals surface area (Å²) in [6, 6.07) is 17.1. The Morgan fingerprint density at radius 2 is 1.70 bits per heavy atom. The van der Waals surface area contributed by atoms with Crippen molar-refractivity contribution in [3.8, 4) is 0 Å². The Labute approximate surface area is 126 Å². The zero-order valence-corrected chi connectivity index (χ0v) is 12.0. The van der Waals surface area contributed by atoms with E-state index in [0.717, 1.165) is 27.9 Å². The highest BCUT2D eigenvalue weighted by atomic mass is 35.5. The van der Waals surface area contributed by atoms with Crippen LogP contribution in [0.1, 0.15) is 11.1 Å². The predicted molar refractivity (Wildman–Crippen MR) is 85.0 cm³/mol. The Morgan fingerprint density at radius 1 is 1.00 bits per heavy atom. The fourth-order valence-corrected chi connectivity index (χ4v) is 2.83. The molecule has 2 aromatic carbocycles. The quantitative estimate of drug-likeness (QED) is 0.769. The molecule has 0 radical (unpaired) electrons. The van der Waals surface area contributed by atoms with Crippen LogP contribution in [0, 0.1) is 0 Å². The molecule has 0 saturated heterocycles. The molecule has 1 heterocycles. The van der Waals surface area contributed by atoms with Crippen molar-refractivity contribution >= 4 is 39.6 Å². The molecule has 1 aliphatic rings. The third-order valence-corrected chi connectivity index (χ3v) is 4.10. The van der Waals surface area contributed by atoms with Crippen molar-refractivity contribution in [2.75, 3.05) is 0 Å². The van der Waals surface area contributed by atoms with E-state index in [1.165, 1.54) is 0 Å². The molecule has 0 fully saturated rings. The molecule has 0 unspecified atom stereocenters. The average molecular weight is 300 g/mol. The summed E-state index contributed by atoms with van der Waals surface area (Å²) in [4.78, 5) is 16.4. The topological polar surface area (TPSA) is 29.4 Å². The summed E-state index contributed by atoms with van der Waals surface area (Å²) < 4.78 is 0. The van der Waals surface area contributed by atoms with Gasteiger partial charge < -0.3 is 0 Å². The van der Waals surface area contributed by atoms with Gasteiger partial charge in [-0.1, -0.05) is 60.1 Å². The van der Waals surface area contributed by atoms with Crippen molar-refractivity contribution in [3.63, 3.8) is 0 Å². The highest BCUT2D eigenvalue weighted by Crippen LogP contribution is 2.30. The molecular weight excluding hydrogens is 290 g/mol. The van der Waals surface area contributed by atoms with Gasteiger partial charge in [0.1, 0.15) is 10.7 Å². The van der Waals surface area contributed by atoms with Gasteiger partial charge in [0, 0.05) is 10.6 Å². The van der Waals surface area contributed by atoms with Crippen LogP contribution in [0.5, 0.6) is 0 Å². The van der Waals surface area contributed by atoms with Crippen molar-refractivity contribution < 1.29 is 4.79 Å². The van der Waals surface area contributed by atoms with Crippen LogP contribution < -0.4 is 0 Å². The molecule has 0 aromatic heterocycles. The molecule has 0 atom stereocenters. The van der Waals surface area contributed by atoms with Crippen LogP contribution in [0.2, 0.25) is 5.02 Å². The van der Waals surface area contributed by atoms with Crippen molar-refractivity contribution in [2.24, 2.45) is 4.99 Å². The molecule has 0 N–H and O–H groups in total. The van der Waals surface area contributed by atoms with Crippen LogP contribution in [0.15, 0.2) is 65.3 Å². The first-order valence-corrected chi connectivity index (χ1v) is 7.26. The fraction of sp³-hybridized carbons (Fsp3) is 0. The number of carbonyl (C=O) groups excluding carboxylic acids is 1. The predicted octanol–water partition coefficient (Wildman–Crippen LogP) is 4.40. The molecule has 3 rings (SSSR count). The van der Waals surface area contributed by atoms with E-state index in [1.807, 2.05) is 48.5 Å². The molecular formula is C16H10ClNOS. The van der Waals surface area contributed by atoms with Gasteiger partial charge in [0.2, 0.25) is 5.12 Å². The Kier molecular flexibility index (Phi) is 3.72. The van der Waals surface area contributed by atoms with Gasteiger partial charge >= 0.3 is 0 Å². The molecule has 0 bridgehead atoms. The lowest BCUT2D eigenvalue weighted by atomic mass is 10.2. The minimum Gasteiger partial charge on any atom is -0.279 e. The first-order chi connectivity index (χ1) is 9.74. The van der Waals surface area contributed by atoms with Gasteiger partial charge in [-0.15, -0.1) is 0 Å². The smallest absolute Gasteiger partial charge is 0.244 e. The SMILES string of the molecule is O=C1SC(c2ccccc2)=N/C1=C\c1ccccc1Cl.